The predicted molar refractivity (Wildman–Crippen MR) is 76.2 cm³/mol. The molecular formula is C16H22N2O2. The molecule has 2 saturated heterocycles. The van der Waals surface area contributed by atoms with Crippen molar-refractivity contribution in [2.75, 3.05) is 0 Å². The zero-order valence-electron chi connectivity index (χ0n) is 11.6. The fraction of sp³-hybridized carbons (Fsp3) is 0.625. The standard InChI is InChI=1S/C16H22N2O2/c17-18-16(14-9-13-7-8-15(14)20-13)10-1-3-11(4-2-10)19-12-5-6-12/h1-4,12-16,18H,5-9,17H2. The molecule has 1 saturated carbocycles. The summed E-state index contributed by atoms with van der Waals surface area (Å²) < 4.78 is 11.7. The Morgan fingerprint density at radius 2 is 1.95 bits per heavy atom. The van der Waals surface area contributed by atoms with Gasteiger partial charge in [-0.3, -0.25) is 11.3 Å². The second-order valence-electron chi connectivity index (χ2n) is 6.30. The van der Waals surface area contributed by atoms with Crippen LogP contribution in [0.1, 0.15) is 43.7 Å². The highest BCUT2D eigenvalue weighted by molar-refractivity contribution is 5.30. The van der Waals surface area contributed by atoms with Crippen LogP contribution in [0.4, 0.5) is 0 Å². The first kappa shape index (κ1) is 12.6. The molecule has 4 heteroatoms. The van der Waals surface area contributed by atoms with E-state index in [9.17, 15) is 0 Å². The summed E-state index contributed by atoms with van der Waals surface area (Å²) in [6.45, 7) is 0. The van der Waals surface area contributed by atoms with Gasteiger partial charge in [0.05, 0.1) is 24.4 Å². The Balaban J connectivity index is 1.49. The highest BCUT2D eigenvalue weighted by Crippen LogP contribution is 2.44. The van der Waals surface area contributed by atoms with Gasteiger partial charge in [-0.1, -0.05) is 12.1 Å². The van der Waals surface area contributed by atoms with E-state index in [0.29, 0.717) is 24.2 Å². The minimum absolute atomic E-state index is 0.181. The van der Waals surface area contributed by atoms with Gasteiger partial charge >= 0.3 is 0 Å². The van der Waals surface area contributed by atoms with Gasteiger partial charge in [0.25, 0.3) is 0 Å². The van der Waals surface area contributed by atoms with E-state index in [1.54, 1.807) is 0 Å². The van der Waals surface area contributed by atoms with Gasteiger partial charge in [-0.05, 0) is 49.8 Å². The molecule has 2 aliphatic heterocycles. The summed E-state index contributed by atoms with van der Waals surface area (Å²) in [6, 6.07) is 8.57. The van der Waals surface area contributed by atoms with Crippen LogP contribution in [0.3, 0.4) is 0 Å². The van der Waals surface area contributed by atoms with Crippen molar-refractivity contribution in [3.63, 3.8) is 0 Å². The molecule has 1 aromatic rings. The van der Waals surface area contributed by atoms with Crippen molar-refractivity contribution in [2.45, 2.75) is 56.5 Å². The summed E-state index contributed by atoms with van der Waals surface area (Å²) in [4.78, 5) is 0. The zero-order valence-corrected chi connectivity index (χ0v) is 11.6. The Morgan fingerprint density at radius 3 is 2.50 bits per heavy atom. The molecule has 1 aliphatic carbocycles. The number of hydrazine groups is 1. The van der Waals surface area contributed by atoms with Crippen LogP contribution >= 0.6 is 0 Å². The lowest BCUT2D eigenvalue weighted by molar-refractivity contribution is 0.0857. The van der Waals surface area contributed by atoms with Crippen LogP contribution in [0.25, 0.3) is 0 Å². The molecule has 0 radical (unpaired) electrons. The second kappa shape index (κ2) is 5.02. The normalized spacial score (nSPS) is 33.4. The van der Waals surface area contributed by atoms with Gasteiger partial charge < -0.3 is 9.47 Å². The van der Waals surface area contributed by atoms with Crippen LogP contribution in [0, 0.1) is 5.92 Å². The van der Waals surface area contributed by atoms with Crippen molar-refractivity contribution in [1.29, 1.82) is 0 Å². The fourth-order valence-corrected chi connectivity index (χ4v) is 3.63. The van der Waals surface area contributed by atoms with Crippen molar-refractivity contribution >= 4 is 0 Å². The summed E-state index contributed by atoms with van der Waals surface area (Å²) in [7, 11) is 0. The molecule has 1 aromatic carbocycles. The van der Waals surface area contributed by atoms with Crippen LogP contribution in [0.2, 0.25) is 0 Å². The smallest absolute Gasteiger partial charge is 0.119 e. The third-order valence-electron chi connectivity index (χ3n) is 4.83. The van der Waals surface area contributed by atoms with Gasteiger partial charge in [-0.25, -0.2) is 0 Å². The minimum Gasteiger partial charge on any atom is -0.490 e. The fourth-order valence-electron chi connectivity index (χ4n) is 3.63. The topological polar surface area (TPSA) is 56.5 Å². The Hall–Kier alpha value is -1.10. The average Bonchev–Trinajstić information content (AvgIpc) is 3.04. The first-order valence-corrected chi connectivity index (χ1v) is 7.71. The number of nitrogens with two attached hydrogens (primary N) is 1. The Bertz CT molecular complexity index is 472. The van der Waals surface area contributed by atoms with Gasteiger partial charge in [0, 0.05) is 5.92 Å². The summed E-state index contributed by atoms with van der Waals surface area (Å²) >= 11 is 0. The quantitative estimate of drug-likeness (QED) is 0.639. The molecule has 108 valence electrons. The molecule has 2 heterocycles. The van der Waals surface area contributed by atoms with Crippen LogP contribution in [-0.2, 0) is 4.74 Å². The highest BCUT2D eigenvalue weighted by atomic mass is 16.5. The first-order valence-electron chi connectivity index (χ1n) is 7.71. The van der Waals surface area contributed by atoms with Crippen LogP contribution in [0.5, 0.6) is 5.75 Å². The van der Waals surface area contributed by atoms with Crippen LogP contribution in [0.15, 0.2) is 24.3 Å². The van der Waals surface area contributed by atoms with E-state index >= 15 is 0 Å². The number of benzene rings is 1. The van der Waals surface area contributed by atoms with E-state index in [2.05, 4.69) is 29.7 Å². The molecule has 0 spiro atoms. The summed E-state index contributed by atoms with van der Waals surface area (Å²) in [5.74, 6) is 7.27. The second-order valence-corrected chi connectivity index (χ2v) is 6.30. The van der Waals surface area contributed by atoms with Crippen molar-refractivity contribution < 1.29 is 9.47 Å². The SMILES string of the molecule is NNC(c1ccc(OC2CC2)cc1)C1CC2CCC1O2. The molecule has 20 heavy (non-hydrogen) atoms. The van der Waals surface area contributed by atoms with E-state index < -0.39 is 0 Å². The number of nitrogens with one attached hydrogen (secondary N) is 1. The van der Waals surface area contributed by atoms with Crippen LogP contribution in [-0.4, -0.2) is 18.3 Å². The maximum Gasteiger partial charge on any atom is 0.119 e. The molecule has 0 aromatic heterocycles. The van der Waals surface area contributed by atoms with Crippen molar-refractivity contribution in [1.82, 2.24) is 5.43 Å². The lowest BCUT2D eigenvalue weighted by atomic mass is 9.81. The molecule has 4 atom stereocenters. The summed E-state index contributed by atoms with van der Waals surface area (Å²) in [5, 5.41) is 0. The number of hydrogen-bond donors (Lipinski definition) is 2. The third-order valence-corrected chi connectivity index (χ3v) is 4.83. The maximum absolute atomic E-state index is 5.95. The van der Waals surface area contributed by atoms with E-state index in [4.69, 9.17) is 15.3 Å². The highest BCUT2D eigenvalue weighted by Gasteiger charge is 2.44. The summed E-state index contributed by atoms with van der Waals surface area (Å²) in [5.41, 5.74) is 4.23. The molecule has 2 bridgehead atoms. The van der Waals surface area contributed by atoms with Crippen LogP contribution < -0.4 is 16.0 Å². The Labute approximate surface area is 119 Å². The number of rotatable bonds is 5. The Morgan fingerprint density at radius 1 is 1.15 bits per heavy atom. The molecule has 4 rings (SSSR count). The monoisotopic (exact) mass is 274 g/mol. The molecule has 0 amide bonds. The van der Waals surface area contributed by atoms with Crippen molar-refractivity contribution in [3.05, 3.63) is 29.8 Å². The first-order chi connectivity index (χ1) is 9.83. The summed E-state index contributed by atoms with van der Waals surface area (Å²) in [6.07, 6.45) is 7.18. The lowest BCUT2D eigenvalue weighted by Gasteiger charge is -2.28. The lowest BCUT2D eigenvalue weighted by Crippen LogP contribution is -2.37. The number of ether oxygens (including phenoxy) is 2. The number of fused-ring (bicyclic) bond motifs is 2. The van der Waals surface area contributed by atoms with E-state index in [-0.39, 0.29) is 6.04 Å². The van der Waals surface area contributed by atoms with E-state index in [1.807, 2.05) is 0 Å². The van der Waals surface area contributed by atoms with E-state index in [0.717, 1.165) is 12.2 Å². The van der Waals surface area contributed by atoms with E-state index in [1.165, 1.54) is 31.2 Å². The van der Waals surface area contributed by atoms with Gasteiger partial charge in [0.15, 0.2) is 0 Å². The van der Waals surface area contributed by atoms with Crippen molar-refractivity contribution in [2.24, 2.45) is 11.8 Å². The molecule has 4 nitrogen and oxygen atoms in total. The molecule has 4 unspecified atom stereocenters. The third kappa shape index (κ3) is 2.32. The molecular weight excluding hydrogens is 252 g/mol. The minimum atomic E-state index is 0.181. The largest absolute Gasteiger partial charge is 0.490 e. The maximum atomic E-state index is 5.95. The Kier molecular flexibility index (Phi) is 3.17. The van der Waals surface area contributed by atoms with Gasteiger partial charge in [-0.15, -0.1) is 0 Å². The molecule has 3 fully saturated rings. The zero-order chi connectivity index (χ0) is 13.5. The van der Waals surface area contributed by atoms with Gasteiger partial charge in [-0.2, -0.15) is 0 Å². The predicted octanol–water partition coefficient (Wildman–Crippen LogP) is 2.30. The average molecular weight is 274 g/mol. The van der Waals surface area contributed by atoms with Crippen molar-refractivity contribution in [3.8, 4) is 5.75 Å². The van der Waals surface area contributed by atoms with Gasteiger partial charge in [0.2, 0.25) is 0 Å². The van der Waals surface area contributed by atoms with Gasteiger partial charge in [0.1, 0.15) is 5.75 Å². The number of hydrogen-bond acceptors (Lipinski definition) is 4. The molecule has 3 aliphatic rings. The molecule has 3 N–H and O–H groups in total.